The standard InChI is InChI=1S/C21H18N4O2/c1-26-18-7-3-5-16-17(10-12-23-21(16)18)25-24-13-14-8-9-19(27-2)20-15(14)6-4-11-22-20/h3-13H,1-2H3,(H,23,25)/b24-13+. The van der Waals surface area contributed by atoms with Gasteiger partial charge in [0.15, 0.2) is 0 Å². The molecule has 134 valence electrons. The van der Waals surface area contributed by atoms with E-state index < -0.39 is 0 Å². The Morgan fingerprint density at radius 1 is 0.815 bits per heavy atom. The Labute approximate surface area is 156 Å². The fourth-order valence-electron chi connectivity index (χ4n) is 3.03. The number of aromatic nitrogens is 2. The van der Waals surface area contributed by atoms with Crippen LogP contribution in [0.2, 0.25) is 0 Å². The molecule has 0 bridgehead atoms. The molecule has 0 atom stereocenters. The minimum Gasteiger partial charge on any atom is -0.494 e. The third-order valence-electron chi connectivity index (χ3n) is 4.33. The van der Waals surface area contributed by atoms with Crippen LogP contribution < -0.4 is 14.9 Å². The molecule has 27 heavy (non-hydrogen) atoms. The average Bonchev–Trinajstić information content (AvgIpc) is 2.73. The van der Waals surface area contributed by atoms with Crippen LogP contribution in [0.5, 0.6) is 11.5 Å². The van der Waals surface area contributed by atoms with Gasteiger partial charge in [-0.05, 0) is 30.3 Å². The zero-order chi connectivity index (χ0) is 18.6. The number of hydrazone groups is 1. The van der Waals surface area contributed by atoms with Crippen molar-refractivity contribution in [3.63, 3.8) is 0 Å². The fourth-order valence-corrected chi connectivity index (χ4v) is 3.03. The van der Waals surface area contributed by atoms with Gasteiger partial charge in [-0.15, -0.1) is 0 Å². The maximum atomic E-state index is 5.38. The highest BCUT2D eigenvalue weighted by molar-refractivity contribution is 6.01. The SMILES string of the molecule is COc1ccc(/C=N/Nc2ccnc3c(OC)cccc23)c2cccnc12. The summed E-state index contributed by atoms with van der Waals surface area (Å²) in [6, 6.07) is 15.4. The van der Waals surface area contributed by atoms with Crippen LogP contribution in [0.25, 0.3) is 21.8 Å². The molecule has 0 unspecified atom stereocenters. The monoisotopic (exact) mass is 358 g/mol. The van der Waals surface area contributed by atoms with E-state index in [4.69, 9.17) is 9.47 Å². The lowest BCUT2D eigenvalue weighted by molar-refractivity contribution is 0.419. The third-order valence-corrected chi connectivity index (χ3v) is 4.33. The van der Waals surface area contributed by atoms with E-state index in [0.29, 0.717) is 0 Å². The molecule has 0 aliphatic carbocycles. The number of para-hydroxylation sites is 1. The highest BCUT2D eigenvalue weighted by Gasteiger charge is 2.07. The molecule has 0 aliphatic heterocycles. The summed E-state index contributed by atoms with van der Waals surface area (Å²) in [5.41, 5.74) is 6.50. The van der Waals surface area contributed by atoms with Gasteiger partial charge in [0.25, 0.3) is 0 Å². The van der Waals surface area contributed by atoms with Crippen LogP contribution in [0, 0.1) is 0 Å². The smallest absolute Gasteiger partial charge is 0.145 e. The molecule has 6 nitrogen and oxygen atoms in total. The summed E-state index contributed by atoms with van der Waals surface area (Å²) in [7, 11) is 3.28. The van der Waals surface area contributed by atoms with Crippen molar-refractivity contribution in [2.75, 3.05) is 19.6 Å². The van der Waals surface area contributed by atoms with Crippen LogP contribution in [-0.2, 0) is 0 Å². The Kier molecular flexibility index (Phi) is 4.53. The number of benzene rings is 2. The van der Waals surface area contributed by atoms with Crippen molar-refractivity contribution < 1.29 is 9.47 Å². The van der Waals surface area contributed by atoms with Crippen LogP contribution >= 0.6 is 0 Å². The highest BCUT2D eigenvalue weighted by atomic mass is 16.5. The molecule has 0 saturated heterocycles. The third kappa shape index (κ3) is 3.13. The number of hydrogen-bond acceptors (Lipinski definition) is 6. The number of methoxy groups -OCH3 is 2. The van der Waals surface area contributed by atoms with E-state index in [-0.39, 0.29) is 0 Å². The zero-order valence-corrected chi connectivity index (χ0v) is 15.0. The van der Waals surface area contributed by atoms with E-state index in [2.05, 4.69) is 20.5 Å². The highest BCUT2D eigenvalue weighted by Crippen LogP contribution is 2.29. The quantitative estimate of drug-likeness (QED) is 0.427. The number of fused-ring (bicyclic) bond motifs is 2. The Balaban J connectivity index is 1.68. The Morgan fingerprint density at radius 2 is 1.56 bits per heavy atom. The maximum Gasteiger partial charge on any atom is 0.145 e. The number of anilines is 1. The van der Waals surface area contributed by atoms with E-state index in [1.807, 2.05) is 48.5 Å². The Hall–Kier alpha value is -3.67. The van der Waals surface area contributed by atoms with E-state index in [1.165, 1.54) is 0 Å². The topological polar surface area (TPSA) is 68.6 Å². The number of rotatable bonds is 5. The van der Waals surface area contributed by atoms with Crippen molar-refractivity contribution >= 4 is 33.7 Å². The van der Waals surface area contributed by atoms with Gasteiger partial charge in [-0.3, -0.25) is 15.4 Å². The van der Waals surface area contributed by atoms with Crippen molar-refractivity contribution in [2.24, 2.45) is 5.10 Å². The summed E-state index contributed by atoms with van der Waals surface area (Å²) in [5.74, 6) is 1.47. The number of nitrogens with zero attached hydrogens (tertiary/aromatic N) is 3. The fraction of sp³-hybridized carbons (Fsp3) is 0.0952. The van der Waals surface area contributed by atoms with Crippen LogP contribution in [-0.4, -0.2) is 30.4 Å². The molecule has 2 aromatic heterocycles. The van der Waals surface area contributed by atoms with Crippen LogP contribution in [0.1, 0.15) is 5.56 Å². The van der Waals surface area contributed by atoms with Gasteiger partial charge in [0.2, 0.25) is 0 Å². The molecule has 6 heteroatoms. The average molecular weight is 358 g/mol. The first-order valence-electron chi connectivity index (χ1n) is 8.44. The molecular weight excluding hydrogens is 340 g/mol. The summed E-state index contributed by atoms with van der Waals surface area (Å²) in [5, 5.41) is 6.33. The summed E-state index contributed by atoms with van der Waals surface area (Å²) >= 11 is 0. The van der Waals surface area contributed by atoms with E-state index in [9.17, 15) is 0 Å². The van der Waals surface area contributed by atoms with Crippen molar-refractivity contribution in [3.8, 4) is 11.5 Å². The molecular formula is C21H18N4O2. The van der Waals surface area contributed by atoms with Gasteiger partial charge in [0.05, 0.1) is 26.1 Å². The first-order chi connectivity index (χ1) is 13.3. The predicted molar refractivity (Wildman–Crippen MR) is 108 cm³/mol. The van der Waals surface area contributed by atoms with Crippen molar-refractivity contribution in [1.29, 1.82) is 0 Å². The first-order valence-corrected chi connectivity index (χ1v) is 8.44. The first kappa shape index (κ1) is 16.8. The Bertz CT molecular complexity index is 1140. The second kappa shape index (κ2) is 7.29. The van der Waals surface area contributed by atoms with Crippen molar-refractivity contribution in [1.82, 2.24) is 9.97 Å². The number of ether oxygens (including phenoxy) is 2. The van der Waals surface area contributed by atoms with Gasteiger partial charge in [-0.2, -0.15) is 5.10 Å². The molecule has 2 aromatic carbocycles. The van der Waals surface area contributed by atoms with Gasteiger partial charge in [-0.1, -0.05) is 18.2 Å². The molecule has 1 N–H and O–H groups in total. The summed E-state index contributed by atoms with van der Waals surface area (Å²) in [6.07, 6.45) is 5.26. The molecule has 0 fully saturated rings. The van der Waals surface area contributed by atoms with Crippen LogP contribution in [0.15, 0.2) is 66.0 Å². The second-order valence-corrected chi connectivity index (χ2v) is 5.84. The van der Waals surface area contributed by atoms with Crippen LogP contribution in [0.4, 0.5) is 5.69 Å². The number of pyridine rings is 2. The molecule has 4 rings (SSSR count). The minimum absolute atomic E-state index is 0.729. The lowest BCUT2D eigenvalue weighted by Gasteiger charge is -2.09. The van der Waals surface area contributed by atoms with E-state index in [1.54, 1.807) is 32.8 Å². The molecule has 0 aliphatic rings. The zero-order valence-electron chi connectivity index (χ0n) is 15.0. The lowest BCUT2D eigenvalue weighted by atomic mass is 10.1. The van der Waals surface area contributed by atoms with Crippen LogP contribution in [0.3, 0.4) is 0 Å². The Morgan fingerprint density at radius 3 is 2.41 bits per heavy atom. The second-order valence-electron chi connectivity index (χ2n) is 5.84. The summed E-state index contributed by atoms with van der Waals surface area (Å²) in [6.45, 7) is 0. The summed E-state index contributed by atoms with van der Waals surface area (Å²) in [4.78, 5) is 8.81. The van der Waals surface area contributed by atoms with Gasteiger partial charge in [0.1, 0.15) is 22.5 Å². The normalized spacial score (nSPS) is 11.2. The largest absolute Gasteiger partial charge is 0.494 e. The minimum atomic E-state index is 0.729. The molecule has 0 amide bonds. The van der Waals surface area contributed by atoms with E-state index in [0.717, 1.165) is 44.6 Å². The van der Waals surface area contributed by atoms with Crippen molar-refractivity contribution in [2.45, 2.75) is 0 Å². The molecule has 4 aromatic rings. The van der Waals surface area contributed by atoms with Gasteiger partial charge >= 0.3 is 0 Å². The molecule has 0 radical (unpaired) electrons. The number of nitrogens with one attached hydrogen (secondary N) is 1. The summed E-state index contributed by atoms with van der Waals surface area (Å²) < 4.78 is 10.8. The maximum absolute atomic E-state index is 5.38. The molecule has 0 spiro atoms. The van der Waals surface area contributed by atoms with E-state index >= 15 is 0 Å². The van der Waals surface area contributed by atoms with Crippen molar-refractivity contribution in [3.05, 3.63) is 66.5 Å². The number of hydrogen-bond donors (Lipinski definition) is 1. The van der Waals surface area contributed by atoms with Gasteiger partial charge in [-0.25, -0.2) is 0 Å². The molecule has 0 saturated carbocycles. The molecule has 2 heterocycles. The van der Waals surface area contributed by atoms with Gasteiger partial charge < -0.3 is 9.47 Å². The predicted octanol–water partition coefficient (Wildman–Crippen LogP) is 4.25. The van der Waals surface area contributed by atoms with Gasteiger partial charge in [0, 0.05) is 28.7 Å². The lowest BCUT2D eigenvalue weighted by Crippen LogP contribution is -1.96.